The molecule has 3 rings (SSSR count). The third-order valence-electron chi connectivity index (χ3n) is 5.48. The third kappa shape index (κ3) is 2.13. The molecule has 2 aliphatic rings. The summed E-state index contributed by atoms with van der Waals surface area (Å²) in [6, 6.07) is 6.61. The summed E-state index contributed by atoms with van der Waals surface area (Å²) in [4.78, 5) is 0. The molecule has 1 aromatic rings. The number of fused-ring (bicyclic) bond motifs is 4. The highest BCUT2D eigenvalue weighted by molar-refractivity contribution is 5.44. The molecular formula is C17H25NO2. The topological polar surface area (TPSA) is 41.5 Å². The fourth-order valence-corrected chi connectivity index (χ4v) is 4.36. The van der Waals surface area contributed by atoms with Crippen molar-refractivity contribution in [2.75, 3.05) is 7.11 Å². The Morgan fingerprint density at radius 2 is 2.15 bits per heavy atom. The largest absolute Gasteiger partial charge is 0.497 e. The Morgan fingerprint density at radius 1 is 1.30 bits per heavy atom. The lowest BCUT2D eigenvalue weighted by Crippen LogP contribution is -2.54. The van der Waals surface area contributed by atoms with Crippen LogP contribution in [0.5, 0.6) is 5.75 Å². The average molecular weight is 275 g/mol. The maximum Gasteiger partial charge on any atom is 0.119 e. The summed E-state index contributed by atoms with van der Waals surface area (Å²) in [6.45, 7) is 2.30. The normalized spacial score (nSPS) is 33.0. The van der Waals surface area contributed by atoms with Gasteiger partial charge in [0.2, 0.25) is 0 Å². The predicted molar refractivity (Wildman–Crippen MR) is 79.3 cm³/mol. The first-order chi connectivity index (χ1) is 9.69. The second-order valence-corrected chi connectivity index (χ2v) is 6.61. The van der Waals surface area contributed by atoms with Gasteiger partial charge in [-0.2, -0.15) is 0 Å². The predicted octanol–water partition coefficient (Wildman–Crippen LogP) is 3.44. The van der Waals surface area contributed by atoms with Crippen LogP contribution in [0.15, 0.2) is 18.2 Å². The minimum Gasteiger partial charge on any atom is -0.497 e. The van der Waals surface area contributed by atoms with Crippen LogP contribution in [-0.2, 0) is 11.8 Å². The molecule has 2 N–H and O–H groups in total. The monoisotopic (exact) mass is 275 g/mol. The van der Waals surface area contributed by atoms with E-state index >= 15 is 0 Å². The van der Waals surface area contributed by atoms with Crippen molar-refractivity contribution in [1.29, 1.82) is 0 Å². The molecule has 3 atom stereocenters. The molecule has 0 saturated heterocycles. The van der Waals surface area contributed by atoms with Gasteiger partial charge in [-0.25, -0.2) is 5.48 Å². The van der Waals surface area contributed by atoms with E-state index in [1.54, 1.807) is 7.11 Å². The highest BCUT2D eigenvalue weighted by Crippen LogP contribution is 2.47. The Balaban J connectivity index is 2.10. The van der Waals surface area contributed by atoms with Crippen LogP contribution in [-0.4, -0.2) is 18.4 Å². The second-order valence-electron chi connectivity index (χ2n) is 6.61. The molecular weight excluding hydrogens is 250 g/mol. The molecule has 3 unspecified atom stereocenters. The SMILES string of the molecule is COc1ccc2c(c1)C1(C)CCCCCC(C2)C1NO. The van der Waals surface area contributed by atoms with Crippen LogP contribution in [0.2, 0.25) is 0 Å². The molecule has 0 spiro atoms. The van der Waals surface area contributed by atoms with Gasteiger partial charge in [0, 0.05) is 11.5 Å². The van der Waals surface area contributed by atoms with Crippen molar-refractivity contribution in [3.05, 3.63) is 29.3 Å². The number of hydrogen-bond acceptors (Lipinski definition) is 3. The third-order valence-corrected chi connectivity index (χ3v) is 5.48. The van der Waals surface area contributed by atoms with Crippen molar-refractivity contribution >= 4 is 0 Å². The van der Waals surface area contributed by atoms with E-state index in [0.29, 0.717) is 5.92 Å². The highest BCUT2D eigenvalue weighted by Gasteiger charge is 2.45. The maximum atomic E-state index is 9.75. The molecule has 3 heteroatoms. The van der Waals surface area contributed by atoms with Gasteiger partial charge in [0.15, 0.2) is 0 Å². The van der Waals surface area contributed by atoms with Gasteiger partial charge >= 0.3 is 0 Å². The Bertz CT molecular complexity index is 488. The van der Waals surface area contributed by atoms with E-state index < -0.39 is 0 Å². The van der Waals surface area contributed by atoms with Crippen LogP contribution in [0.3, 0.4) is 0 Å². The van der Waals surface area contributed by atoms with Gasteiger partial charge < -0.3 is 9.94 Å². The van der Waals surface area contributed by atoms with Gasteiger partial charge in [0.1, 0.15) is 5.75 Å². The van der Waals surface area contributed by atoms with Crippen LogP contribution in [0.1, 0.15) is 50.2 Å². The molecule has 2 aliphatic carbocycles. The number of nitrogens with one attached hydrogen (secondary N) is 1. The van der Waals surface area contributed by atoms with Crippen LogP contribution in [0, 0.1) is 5.92 Å². The molecule has 1 saturated carbocycles. The molecule has 20 heavy (non-hydrogen) atoms. The lowest BCUT2D eigenvalue weighted by atomic mass is 9.60. The fraction of sp³-hybridized carbons (Fsp3) is 0.647. The Labute approximate surface area is 121 Å². The van der Waals surface area contributed by atoms with Crippen molar-refractivity contribution < 1.29 is 9.94 Å². The van der Waals surface area contributed by atoms with Crippen LogP contribution in [0.25, 0.3) is 0 Å². The lowest BCUT2D eigenvalue weighted by molar-refractivity contribution is 0.0352. The molecule has 1 aromatic carbocycles. The Kier molecular flexibility index (Phi) is 3.74. The smallest absolute Gasteiger partial charge is 0.119 e. The molecule has 0 heterocycles. The number of ether oxygens (including phenoxy) is 1. The summed E-state index contributed by atoms with van der Waals surface area (Å²) in [7, 11) is 1.72. The standard InChI is InChI=1S/C17H25NO2/c1-17-9-5-3-4-6-13(16(17)18-19)10-12-7-8-14(20-2)11-15(12)17/h7-8,11,13,16,18-19H,3-6,9-10H2,1-2H3. The first-order valence-corrected chi connectivity index (χ1v) is 7.76. The van der Waals surface area contributed by atoms with E-state index in [4.69, 9.17) is 4.74 Å². The number of hydrogen-bond donors (Lipinski definition) is 2. The molecule has 0 aromatic heterocycles. The first kappa shape index (κ1) is 13.9. The van der Waals surface area contributed by atoms with Crippen molar-refractivity contribution in [3.63, 3.8) is 0 Å². The van der Waals surface area contributed by atoms with E-state index in [2.05, 4.69) is 30.6 Å². The number of benzene rings is 1. The zero-order valence-electron chi connectivity index (χ0n) is 12.5. The number of methoxy groups -OCH3 is 1. The fourth-order valence-electron chi connectivity index (χ4n) is 4.36. The molecule has 0 aliphatic heterocycles. The van der Waals surface area contributed by atoms with Gasteiger partial charge in [0.05, 0.1) is 7.11 Å². The van der Waals surface area contributed by atoms with Crippen molar-refractivity contribution in [2.45, 2.75) is 56.9 Å². The lowest BCUT2D eigenvalue weighted by Gasteiger charge is -2.48. The summed E-state index contributed by atoms with van der Waals surface area (Å²) >= 11 is 0. The van der Waals surface area contributed by atoms with Gasteiger partial charge in [-0.05, 0) is 48.4 Å². The molecule has 3 nitrogen and oxygen atoms in total. The van der Waals surface area contributed by atoms with Gasteiger partial charge in [0.25, 0.3) is 0 Å². The summed E-state index contributed by atoms with van der Waals surface area (Å²) < 4.78 is 5.40. The van der Waals surface area contributed by atoms with E-state index in [1.165, 1.54) is 36.8 Å². The summed E-state index contributed by atoms with van der Waals surface area (Å²) in [5.41, 5.74) is 5.45. The summed E-state index contributed by atoms with van der Waals surface area (Å²) in [5.74, 6) is 1.45. The first-order valence-electron chi connectivity index (χ1n) is 7.76. The molecule has 1 fully saturated rings. The minimum absolute atomic E-state index is 0.00194. The zero-order chi connectivity index (χ0) is 14.2. The molecule has 0 amide bonds. The summed E-state index contributed by atoms with van der Waals surface area (Å²) in [6.07, 6.45) is 7.22. The second kappa shape index (κ2) is 5.38. The average Bonchev–Trinajstić information content (AvgIpc) is 2.45. The minimum atomic E-state index is 0.00194. The highest BCUT2D eigenvalue weighted by atomic mass is 16.5. The van der Waals surface area contributed by atoms with Crippen LogP contribution >= 0.6 is 0 Å². The van der Waals surface area contributed by atoms with Crippen molar-refractivity contribution in [1.82, 2.24) is 5.48 Å². The van der Waals surface area contributed by atoms with E-state index in [9.17, 15) is 5.21 Å². The van der Waals surface area contributed by atoms with E-state index in [0.717, 1.165) is 18.6 Å². The number of hydroxylamine groups is 1. The molecule has 2 bridgehead atoms. The van der Waals surface area contributed by atoms with Crippen LogP contribution < -0.4 is 10.2 Å². The quantitative estimate of drug-likeness (QED) is 0.812. The Morgan fingerprint density at radius 3 is 2.90 bits per heavy atom. The molecule has 0 radical (unpaired) electrons. The van der Waals surface area contributed by atoms with Gasteiger partial charge in [-0.15, -0.1) is 0 Å². The van der Waals surface area contributed by atoms with Gasteiger partial charge in [-0.1, -0.05) is 32.3 Å². The van der Waals surface area contributed by atoms with Crippen LogP contribution in [0.4, 0.5) is 0 Å². The number of rotatable bonds is 2. The Hall–Kier alpha value is -1.06. The molecule has 110 valence electrons. The maximum absolute atomic E-state index is 9.75. The van der Waals surface area contributed by atoms with E-state index in [-0.39, 0.29) is 11.5 Å². The van der Waals surface area contributed by atoms with E-state index in [1.807, 2.05) is 0 Å². The zero-order valence-corrected chi connectivity index (χ0v) is 12.5. The van der Waals surface area contributed by atoms with Gasteiger partial charge in [-0.3, -0.25) is 0 Å². The van der Waals surface area contributed by atoms with Crippen molar-refractivity contribution in [2.24, 2.45) is 5.92 Å². The van der Waals surface area contributed by atoms with Crippen molar-refractivity contribution in [3.8, 4) is 5.75 Å². The summed E-state index contributed by atoms with van der Waals surface area (Å²) in [5, 5.41) is 9.75.